The van der Waals surface area contributed by atoms with Crippen molar-refractivity contribution in [3.8, 4) is 11.1 Å². The van der Waals surface area contributed by atoms with Crippen LogP contribution in [0.25, 0.3) is 11.1 Å². The average molecular weight is 421 g/mol. The molecule has 31 heavy (non-hydrogen) atoms. The van der Waals surface area contributed by atoms with Crippen molar-refractivity contribution in [2.75, 3.05) is 13.1 Å². The van der Waals surface area contributed by atoms with Crippen molar-refractivity contribution in [2.45, 2.75) is 45.6 Å². The Kier molecular flexibility index (Phi) is 6.35. The van der Waals surface area contributed by atoms with E-state index in [1.165, 1.54) is 6.42 Å². The first kappa shape index (κ1) is 21.1. The Hall–Kier alpha value is -3.15. The monoisotopic (exact) mass is 420 g/mol. The molecule has 3 aromatic rings. The van der Waals surface area contributed by atoms with Gasteiger partial charge in [-0.2, -0.15) is 0 Å². The van der Waals surface area contributed by atoms with Crippen LogP contribution >= 0.6 is 0 Å². The molecule has 4 rings (SSSR count). The highest BCUT2D eigenvalue weighted by molar-refractivity contribution is 5.78. The molecule has 1 unspecified atom stereocenters. The number of halogens is 1. The van der Waals surface area contributed by atoms with Crippen LogP contribution in [0.1, 0.15) is 54.7 Å². The number of benzene rings is 2. The summed E-state index contributed by atoms with van der Waals surface area (Å²) >= 11 is 0. The fourth-order valence-electron chi connectivity index (χ4n) is 4.12. The number of aromatic nitrogens is 1. The third-order valence-electron chi connectivity index (χ3n) is 6.11. The van der Waals surface area contributed by atoms with Crippen molar-refractivity contribution >= 4 is 5.96 Å². The van der Waals surface area contributed by atoms with Gasteiger partial charge in [0, 0.05) is 30.1 Å². The number of nitrogens with zero attached hydrogens (tertiary/aromatic N) is 3. The number of guanidine groups is 1. The van der Waals surface area contributed by atoms with Crippen molar-refractivity contribution in [1.82, 2.24) is 10.1 Å². The number of hydrogen-bond acceptors (Lipinski definition) is 3. The minimum Gasteiger partial charge on any atom is -0.370 e. The first-order valence-corrected chi connectivity index (χ1v) is 10.9. The molecule has 1 aliphatic rings. The lowest BCUT2D eigenvalue weighted by molar-refractivity contribution is 0.336. The summed E-state index contributed by atoms with van der Waals surface area (Å²) in [7, 11) is 0. The van der Waals surface area contributed by atoms with Gasteiger partial charge >= 0.3 is 0 Å². The zero-order valence-corrected chi connectivity index (χ0v) is 18.1. The van der Waals surface area contributed by atoms with Crippen molar-refractivity contribution in [2.24, 2.45) is 10.7 Å². The molecule has 0 bridgehead atoms. The number of piperidine rings is 1. The summed E-state index contributed by atoms with van der Waals surface area (Å²) in [6, 6.07) is 14.9. The smallest absolute Gasteiger partial charge is 0.191 e. The highest BCUT2D eigenvalue weighted by atomic mass is 19.1. The fourth-order valence-corrected chi connectivity index (χ4v) is 4.12. The quantitative estimate of drug-likeness (QED) is 0.453. The van der Waals surface area contributed by atoms with E-state index in [1.54, 1.807) is 6.07 Å². The first-order valence-electron chi connectivity index (χ1n) is 10.9. The Morgan fingerprint density at radius 1 is 1.16 bits per heavy atom. The number of hydrogen-bond donors (Lipinski definition) is 1. The summed E-state index contributed by atoms with van der Waals surface area (Å²) in [6.45, 7) is 6.25. The van der Waals surface area contributed by atoms with Crippen LogP contribution in [0.2, 0.25) is 0 Å². The Balaban J connectivity index is 1.50. The zero-order chi connectivity index (χ0) is 21.8. The van der Waals surface area contributed by atoms with E-state index in [0.29, 0.717) is 23.8 Å². The predicted octanol–water partition coefficient (Wildman–Crippen LogP) is 5.24. The van der Waals surface area contributed by atoms with Gasteiger partial charge in [-0.15, -0.1) is 0 Å². The van der Waals surface area contributed by atoms with E-state index in [-0.39, 0.29) is 11.7 Å². The fraction of sp³-hybridized carbons (Fsp3) is 0.360. The van der Waals surface area contributed by atoms with Gasteiger partial charge in [0.25, 0.3) is 0 Å². The van der Waals surface area contributed by atoms with Crippen LogP contribution < -0.4 is 5.73 Å². The number of rotatable bonds is 5. The van der Waals surface area contributed by atoms with Crippen molar-refractivity contribution in [1.29, 1.82) is 0 Å². The van der Waals surface area contributed by atoms with E-state index in [4.69, 9.17) is 10.3 Å². The SMILES string of the molecule is Cc1c(C(C)c2ccc(-c3ccccc3)c(F)c2)noc1CN=C(N)N1CCCCC1. The molecule has 2 heterocycles. The van der Waals surface area contributed by atoms with Gasteiger partial charge in [-0.3, -0.25) is 0 Å². The van der Waals surface area contributed by atoms with Gasteiger partial charge in [0.05, 0.1) is 5.69 Å². The number of nitrogens with two attached hydrogens (primary N) is 1. The molecule has 1 saturated heterocycles. The van der Waals surface area contributed by atoms with E-state index in [2.05, 4.69) is 15.0 Å². The van der Waals surface area contributed by atoms with E-state index >= 15 is 0 Å². The van der Waals surface area contributed by atoms with E-state index in [0.717, 1.165) is 48.3 Å². The Morgan fingerprint density at radius 2 is 1.90 bits per heavy atom. The molecule has 1 aliphatic heterocycles. The molecule has 2 aromatic carbocycles. The lowest BCUT2D eigenvalue weighted by Crippen LogP contribution is -2.40. The predicted molar refractivity (Wildman–Crippen MR) is 121 cm³/mol. The van der Waals surface area contributed by atoms with Gasteiger partial charge in [0.15, 0.2) is 11.7 Å². The maximum atomic E-state index is 14.8. The molecule has 0 spiro atoms. The summed E-state index contributed by atoms with van der Waals surface area (Å²) in [4.78, 5) is 6.63. The van der Waals surface area contributed by atoms with E-state index in [1.807, 2.05) is 56.3 Å². The summed E-state index contributed by atoms with van der Waals surface area (Å²) in [5.41, 5.74) is 10.2. The molecular weight excluding hydrogens is 391 g/mol. The molecule has 0 radical (unpaired) electrons. The minimum absolute atomic E-state index is 0.0970. The third kappa shape index (κ3) is 4.63. The second-order valence-electron chi connectivity index (χ2n) is 8.17. The Labute approximate surface area is 182 Å². The zero-order valence-electron chi connectivity index (χ0n) is 18.1. The van der Waals surface area contributed by atoms with Crippen molar-refractivity contribution in [3.63, 3.8) is 0 Å². The average Bonchev–Trinajstić information content (AvgIpc) is 3.18. The standard InChI is InChI=1S/C25H29FN4O/c1-17(20-11-12-21(22(26)15-20)19-9-5-3-6-10-19)24-18(2)23(31-29-24)16-28-25(27)30-13-7-4-8-14-30/h3,5-6,9-12,15,17H,4,7-8,13-14,16H2,1-2H3,(H2,27,28). The largest absolute Gasteiger partial charge is 0.370 e. The minimum atomic E-state index is -0.240. The second kappa shape index (κ2) is 9.33. The lowest BCUT2D eigenvalue weighted by Gasteiger charge is -2.27. The summed E-state index contributed by atoms with van der Waals surface area (Å²) in [5, 5.41) is 4.27. The molecular formula is C25H29FN4O. The Morgan fingerprint density at radius 3 is 2.61 bits per heavy atom. The normalized spacial score (nSPS) is 15.8. The van der Waals surface area contributed by atoms with Gasteiger partial charge in [0.1, 0.15) is 12.4 Å². The molecule has 162 valence electrons. The molecule has 0 saturated carbocycles. The molecule has 1 aromatic heterocycles. The topological polar surface area (TPSA) is 67.6 Å². The summed E-state index contributed by atoms with van der Waals surface area (Å²) in [5.74, 6) is 0.919. The summed E-state index contributed by atoms with van der Waals surface area (Å²) < 4.78 is 20.4. The van der Waals surface area contributed by atoms with Crippen LogP contribution in [0.15, 0.2) is 58.0 Å². The van der Waals surface area contributed by atoms with Crippen molar-refractivity contribution in [3.05, 3.63) is 76.9 Å². The number of likely N-dealkylation sites (tertiary alicyclic amines) is 1. The van der Waals surface area contributed by atoms with Crippen LogP contribution in [0, 0.1) is 12.7 Å². The van der Waals surface area contributed by atoms with Gasteiger partial charge in [-0.1, -0.05) is 54.5 Å². The first-order chi connectivity index (χ1) is 15.0. The van der Waals surface area contributed by atoms with Crippen molar-refractivity contribution < 1.29 is 8.91 Å². The van der Waals surface area contributed by atoms with E-state index in [9.17, 15) is 4.39 Å². The highest BCUT2D eigenvalue weighted by Crippen LogP contribution is 2.31. The van der Waals surface area contributed by atoms with Crippen LogP contribution in [-0.4, -0.2) is 29.1 Å². The number of aliphatic imine (C=N–C) groups is 1. The van der Waals surface area contributed by atoms with Crippen LogP contribution in [0.5, 0.6) is 0 Å². The van der Waals surface area contributed by atoms with Gasteiger partial charge < -0.3 is 15.2 Å². The lowest BCUT2D eigenvalue weighted by atomic mass is 9.92. The molecule has 1 fully saturated rings. The molecule has 2 N–H and O–H groups in total. The molecule has 0 amide bonds. The van der Waals surface area contributed by atoms with E-state index < -0.39 is 0 Å². The van der Waals surface area contributed by atoms with Gasteiger partial charge in [-0.25, -0.2) is 9.38 Å². The van der Waals surface area contributed by atoms with Gasteiger partial charge in [0.2, 0.25) is 0 Å². The molecule has 5 nitrogen and oxygen atoms in total. The van der Waals surface area contributed by atoms with Gasteiger partial charge in [-0.05, 0) is 43.4 Å². The summed E-state index contributed by atoms with van der Waals surface area (Å²) in [6.07, 6.45) is 3.55. The van der Waals surface area contributed by atoms with Crippen LogP contribution in [-0.2, 0) is 6.54 Å². The second-order valence-corrected chi connectivity index (χ2v) is 8.17. The van der Waals surface area contributed by atoms with Crippen LogP contribution in [0.3, 0.4) is 0 Å². The molecule has 0 aliphatic carbocycles. The maximum Gasteiger partial charge on any atom is 0.191 e. The third-order valence-corrected chi connectivity index (χ3v) is 6.11. The Bertz CT molecular complexity index is 1050. The van der Waals surface area contributed by atoms with Crippen LogP contribution in [0.4, 0.5) is 4.39 Å². The highest BCUT2D eigenvalue weighted by Gasteiger charge is 2.21. The molecule has 6 heteroatoms. The maximum absolute atomic E-state index is 14.8. The molecule has 1 atom stereocenters.